The van der Waals surface area contributed by atoms with Gasteiger partial charge in [-0.1, -0.05) is 48.2 Å². The smallest absolute Gasteiger partial charge is 0.321 e. The van der Waals surface area contributed by atoms with E-state index in [0.29, 0.717) is 53.6 Å². The molecule has 0 aliphatic rings. The SMILES string of the molecule is O=CON(C=O)c1cc(C(O)CNCCCCCCOCCOCc2c(Cl)cccc2Cl)ccc1O. The van der Waals surface area contributed by atoms with Crippen molar-refractivity contribution in [2.75, 3.05) is 38.0 Å². The second-order valence-corrected chi connectivity index (χ2v) is 8.69. The number of hydrogen-bond donors (Lipinski definition) is 3. The summed E-state index contributed by atoms with van der Waals surface area (Å²) < 4.78 is 11.2. The highest BCUT2D eigenvalue weighted by Gasteiger charge is 2.16. The number of hydroxylamine groups is 1. The van der Waals surface area contributed by atoms with Crippen LogP contribution >= 0.6 is 23.2 Å². The Hall–Kier alpha value is -2.40. The predicted octanol–water partition coefficient (Wildman–Crippen LogP) is 4.17. The summed E-state index contributed by atoms with van der Waals surface area (Å²) in [4.78, 5) is 26.0. The van der Waals surface area contributed by atoms with Crippen LogP contribution in [0.3, 0.4) is 0 Å². The van der Waals surface area contributed by atoms with Crippen molar-refractivity contribution in [2.24, 2.45) is 0 Å². The number of unbranched alkanes of at least 4 members (excludes halogenated alkanes) is 3. The number of benzene rings is 2. The second-order valence-electron chi connectivity index (χ2n) is 7.88. The monoisotopic (exact) mass is 542 g/mol. The Morgan fingerprint density at radius 2 is 1.69 bits per heavy atom. The largest absolute Gasteiger partial charge is 0.506 e. The third-order valence-corrected chi connectivity index (χ3v) is 5.99. The summed E-state index contributed by atoms with van der Waals surface area (Å²) in [5, 5.41) is 25.2. The van der Waals surface area contributed by atoms with E-state index in [4.69, 9.17) is 32.7 Å². The molecule has 0 radical (unpaired) electrons. The van der Waals surface area contributed by atoms with Crippen LogP contribution in [-0.2, 0) is 30.5 Å². The van der Waals surface area contributed by atoms with Gasteiger partial charge >= 0.3 is 6.47 Å². The van der Waals surface area contributed by atoms with Gasteiger partial charge < -0.3 is 29.8 Å². The number of carbonyl (C=O) groups is 2. The number of nitrogens with zero attached hydrogens (tertiary/aromatic N) is 1. The van der Waals surface area contributed by atoms with E-state index in [1.165, 1.54) is 18.2 Å². The summed E-state index contributed by atoms with van der Waals surface area (Å²) in [7, 11) is 0. The van der Waals surface area contributed by atoms with Gasteiger partial charge in [0.2, 0.25) is 6.41 Å². The molecule has 11 heteroatoms. The van der Waals surface area contributed by atoms with Crippen molar-refractivity contribution in [3.63, 3.8) is 0 Å². The Morgan fingerprint density at radius 1 is 0.972 bits per heavy atom. The molecule has 1 atom stereocenters. The molecule has 0 spiro atoms. The van der Waals surface area contributed by atoms with Gasteiger partial charge in [-0.2, -0.15) is 0 Å². The molecule has 3 N–H and O–H groups in total. The fourth-order valence-electron chi connectivity index (χ4n) is 3.34. The number of hydrogen-bond acceptors (Lipinski definition) is 8. The molecule has 2 aromatic carbocycles. The molecule has 0 aliphatic carbocycles. The van der Waals surface area contributed by atoms with Crippen LogP contribution in [0, 0.1) is 0 Å². The minimum Gasteiger partial charge on any atom is -0.506 e. The van der Waals surface area contributed by atoms with Crippen molar-refractivity contribution >= 4 is 41.8 Å². The molecule has 0 aromatic heterocycles. The van der Waals surface area contributed by atoms with E-state index in [1.54, 1.807) is 18.2 Å². The maximum atomic E-state index is 11.0. The van der Waals surface area contributed by atoms with E-state index >= 15 is 0 Å². The Kier molecular flexibility index (Phi) is 14.2. The third kappa shape index (κ3) is 10.3. The Morgan fingerprint density at radius 3 is 2.42 bits per heavy atom. The molecule has 36 heavy (non-hydrogen) atoms. The van der Waals surface area contributed by atoms with Gasteiger partial charge in [0.15, 0.2) is 0 Å². The van der Waals surface area contributed by atoms with Gasteiger partial charge in [0.05, 0.1) is 25.9 Å². The van der Waals surface area contributed by atoms with Gasteiger partial charge in [-0.15, -0.1) is 5.06 Å². The lowest BCUT2D eigenvalue weighted by Crippen LogP contribution is -2.24. The maximum Gasteiger partial charge on any atom is 0.321 e. The summed E-state index contributed by atoms with van der Waals surface area (Å²) >= 11 is 12.2. The van der Waals surface area contributed by atoms with Crippen molar-refractivity contribution in [1.82, 2.24) is 5.32 Å². The van der Waals surface area contributed by atoms with Gasteiger partial charge in [0.25, 0.3) is 0 Å². The first-order valence-corrected chi connectivity index (χ1v) is 12.4. The van der Waals surface area contributed by atoms with E-state index in [1.807, 2.05) is 0 Å². The summed E-state index contributed by atoms with van der Waals surface area (Å²) in [6.45, 7) is 3.08. The molecule has 9 nitrogen and oxygen atoms in total. The number of aliphatic hydroxyl groups excluding tert-OH is 1. The lowest BCUT2D eigenvalue weighted by Gasteiger charge is -2.18. The Balaban J connectivity index is 1.50. The topological polar surface area (TPSA) is 118 Å². The number of ether oxygens (including phenoxy) is 2. The van der Waals surface area contributed by atoms with E-state index in [-0.39, 0.29) is 24.3 Å². The van der Waals surface area contributed by atoms with Crippen molar-refractivity contribution in [3.05, 3.63) is 57.6 Å². The fourth-order valence-corrected chi connectivity index (χ4v) is 3.84. The number of aromatic hydroxyl groups is 1. The number of anilines is 1. The first-order valence-electron chi connectivity index (χ1n) is 11.6. The Labute approximate surface area is 220 Å². The highest BCUT2D eigenvalue weighted by atomic mass is 35.5. The van der Waals surface area contributed by atoms with Crippen LogP contribution in [0.15, 0.2) is 36.4 Å². The summed E-state index contributed by atoms with van der Waals surface area (Å²) in [5.74, 6) is -0.258. The zero-order chi connectivity index (χ0) is 26.2. The third-order valence-electron chi connectivity index (χ3n) is 5.28. The van der Waals surface area contributed by atoms with E-state index in [0.717, 1.165) is 37.8 Å². The molecule has 0 heterocycles. The van der Waals surface area contributed by atoms with Crippen LogP contribution in [0.5, 0.6) is 5.75 Å². The van der Waals surface area contributed by atoms with Crippen molar-refractivity contribution in [2.45, 2.75) is 38.4 Å². The minimum absolute atomic E-state index is 0.0348. The second kappa shape index (κ2) is 17.1. The standard InChI is InChI=1S/C25H32Cl2N2O7/c26-21-6-5-7-22(27)20(21)16-35-13-12-34-11-4-2-1-3-10-28-15-25(33)19-8-9-24(32)23(14-19)29(17-30)36-18-31/h5-9,14,17-18,25,28,32-33H,1-4,10-13,15-16H2. The first-order chi connectivity index (χ1) is 17.5. The minimum atomic E-state index is -0.862. The summed E-state index contributed by atoms with van der Waals surface area (Å²) in [6, 6.07) is 9.60. The zero-order valence-electron chi connectivity index (χ0n) is 19.9. The van der Waals surface area contributed by atoms with Crippen molar-refractivity contribution < 1.29 is 34.1 Å². The number of nitrogens with one attached hydrogen (secondary N) is 1. The number of carbonyl (C=O) groups excluding carboxylic acids is 2. The zero-order valence-corrected chi connectivity index (χ0v) is 21.4. The van der Waals surface area contributed by atoms with Gasteiger partial charge in [-0.25, -0.2) is 0 Å². The van der Waals surface area contributed by atoms with Crippen LogP contribution < -0.4 is 10.4 Å². The molecule has 0 aliphatic heterocycles. The highest BCUT2D eigenvalue weighted by molar-refractivity contribution is 6.35. The average Bonchev–Trinajstić information content (AvgIpc) is 2.87. The molecule has 0 saturated carbocycles. The molecule has 0 fully saturated rings. The molecule has 2 aromatic rings. The average molecular weight is 543 g/mol. The molecule has 2 rings (SSSR count). The first kappa shape index (κ1) is 29.8. The van der Waals surface area contributed by atoms with E-state index in [2.05, 4.69) is 10.2 Å². The number of halogens is 2. The fraction of sp³-hybridized carbons (Fsp3) is 0.440. The van der Waals surface area contributed by atoms with Gasteiger partial charge in [-0.3, -0.25) is 9.59 Å². The number of rotatable bonds is 19. The van der Waals surface area contributed by atoms with Crippen molar-refractivity contribution in [3.8, 4) is 5.75 Å². The molecule has 0 bridgehead atoms. The van der Waals surface area contributed by atoms with Gasteiger partial charge in [0, 0.05) is 28.8 Å². The van der Waals surface area contributed by atoms with Crippen molar-refractivity contribution in [1.29, 1.82) is 0 Å². The normalized spacial score (nSPS) is 11.8. The summed E-state index contributed by atoms with van der Waals surface area (Å²) in [5.41, 5.74) is 1.21. The molecule has 0 saturated heterocycles. The molecular formula is C25H32Cl2N2O7. The predicted molar refractivity (Wildman–Crippen MR) is 137 cm³/mol. The number of phenols is 1. The molecule has 1 amide bonds. The quantitative estimate of drug-likeness (QED) is 0.137. The highest BCUT2D eigenvalue weighted by Crippen LogP contribution is 2.30. The molecular weight excluding hydrogens is 511 g/mol. The molecule has 198 valence electrons. The van der Waals surface area contributed by atoms with Gasteiger partial charge in [0.1, 0.15) is 11.4 Å². The van der Waals surface area contributed by atoms with Crippen LogP contribution in [0.25, 0.3) is 0 Å². The van der Waals surface area contributed by atoms with E-state index < -0.39 is 6.10 Å². The molecule has 1 unspecified atom stereocenters. The van der Waals surface area contributed by atoms with Crippen LogP contribution in [0.2, 0.25) is 10.0 Å². The lowest BCUT2D eigenvalue weighted by molar-refractivity contribution is -0.134. The van der Waals surface area contributed by atoms with Crippen LogP contribution in [-0.4, -0.2) is 56.0 Å². The number of aliphatic hydroxyl groups is 1. The lowest BCUT2D eigenvalue weighted by atomic mass is 10.1. The summed E-state index contributed by atoms with van der Waals surface area (Å²) in [6.07, 6.45) is 3.33. The van der Waals surface area contributed by atoms with Crippen LogP contribution in [0.4, 0.5) is 5.69 Å². The number of phenolic OH excluding ortho intramolecular Hbond substituents is 1. The van der Waals surface area contributed by atoms with Crippen LogP contribution in [0.1, 0.15) is 42.9 Å². The van der Waals surface area contributed by atoms with Gasteiger partial charge in [-0.05, 0) is 49.2 Å². The number of amides is 1. The maximum absolute atomic E-state index is 11.0. The van der Waals surface area contributed by atoms with E-state index in [9.17, 15) is 19.8 Å². The Bertz CT molecular complexity index is 928.